The van der Waals surface area contributed by atoms with Crippen LogP contribution in [0.15, 0.2) is 303 Å². The van der Waals surface area contributed by atoms with E-state index in [1.165, 1.54) is 88.2 Å². The predicted octanol–water partition coefficient (Wildman–Crippen LogP) is 15.9. The molecule has 4 saturated heterocycles. The summed E-state index contributed by atoms with van der Waals surface area (Å²) < 4.78 is 0. The van der Waals surface area contributed by atoms with Gasteiger partial charge in [-0.25, -0.2) is 0 Å². The SMILES string of the molecule is Cc1ccccc1.Cc1ccccc1.[Mg+2].[Mg+2].[O-]C(CCN1CCCCC1)(c1ccccc1)c1ccccc1.[O-]C(CCN1CCCCC1)(c1ccccc1)c1ccccc1.[O-]C(CCN1CCCCC1)(c1ccccc1)c1ccccc1.[O-]C(CCN1CCCCC1)(c1ccccc1)c1ccccc1. The minimum Gasteiger partial charge on any atom is -0.842 e. The van der Waals surface area contributed by atoms with Gasteiger partial charge in [-0.15, -0.1) is 0 Å². The Hall–Kier alpha value is -6.59. The third-order valence-corrected chi connectivity index (χ3v) is 20.7. The van der Waals surface area contributed by atoms with Gasteiger partial charge in [0.1, 0.15) is 0 Å². The van der Waals surface area contributed by atoms with Crippen LogP contribution in [0.5, 0.6) is 0 Å². The second kappa shape index (κ2) is 46.5. The Balaban J connectivity index is 0.000000181. The van der Waals surface area contributed by atoms with E-state index in [1.54, 1.807) is 0 Å². The Morgan fingerprint density at radius 1 is 0.202 bits per heavy atom. The zero-order valence-corrected chi connectivity index (χ0v) is 65.3. The molecule has 104 heavy (non-hydrogen) atoms. The molecule has 0 bridgehead atoms. The molecule has 4 heterocycles. The van der Waals surface area contributed by atoms with E-state index in [2.05, 4.69) is 57.7 Å². The van der Waals surface area contributed by atoms with E-state index in [0.717, 1.165) is 123 Å². The van der Waals surface area contributed by atoms with Gasteiger partial charge in [0.15, 0.2) is 0 Å². The quantitative estimate of drug-likeness (QED) is 0.0695. The Kier molecular flexibility index (Phi) is 37.8. The molecule has 8 nitrogen and oxygen atoms in total. The molecule has 0 N–H and O–H groups in total. The summed E-state index contributed by atoms with van der Waals surface area (Å²) in [5.74, 6) is 0. The second-order valence-corrected chi connectivity index (χ2v) is 28.2. The number of nitrogens with zero attached hydrogens (tertiary/aromatic N) is 4. The van der Waals surface area contributed by atoms with Crippen molar-refractivity contribution in [3.05, 3.63) is 359 Å². The Labute approximate surface area is 657 Å². The van der Waals surface area contributed by atoms with Gasteiger partial charge in [-0.2, -0.15) is 0 Å². The van der Waals surface area contributed by atoms with Gasteiger partial charge in [0.25, 0.3) is 0 Å². The summed E-state index contributed by atoms with van der Waals surface area (Å²) in [6, 6.07) is 99.2. The average molecular weight is 1410 g/mol. The molecule has 0 aliphatic carbocycles. The van der Waals surface area contributed by atoms with Crippen LogP contribution in [0.1, 0.15) is 158 Å². The summed E-state index contributed by atoms with van der Waals surface area (Å²) in [4.78, 5) is 9.79. The van der Waals surface area contributed by atoms with Crippen LogP contribution in [0.25, 0.3) is 0 Å². The molecule has 4 aliphatic heterocycles. The zero-order chi connectivity index (χ0) is 71.2. The molecular formula is C94H112Mg2N4O4. The molecule has 0 spiro atoms. The summed E-state index contributed by atoms with van der Waals surface area (Å²) in [6.45, 7) is 16.8. The maximum atomic E-state index is 13.7. The summed E-state index contributed by atoms with van der Waals surface area (Å²) >= 11 is 0. The van der Waals surface area contributed by atoms with Crippen molar-refractivity contribution >= 4 is 46.1 Å². The van der Waals surface area contributed by atoms with Crippen molar-refractivity contribution in [3.8, 4) is 0 Å². The smallest absolute Gasteiger partial charge is 0.842 e. The topological polar surface area (TPSA) is 105 Å². The monoisotopic (exact) mass is 1410 g/mol. The molecular weight excluding hydrogens is 1300 g/mol. The molecule has 0 aromatic heterocycles. The van der Waals surface area contributed by atoms with Crippen molar-refractivity contribution in [3.63, 3.8) is 0 Å². The second-order valence-electron chi connectivity index (χ2n) is 28.2. The zero-order valence-electron chi connectivity index (χ0n) is 62.5. The number of rotatable bonds is 20. The fourth-order valence-corrected chi connectivity index (χ4v) is 14.5. The van der Waals surface area contributed by atoms with E-state index in [4.69, 9.17) is 0 Å². The van der Waals surface area contributed by atoms with Gasteiger partial charge in [0, 0.05) is 0 Å². The number of hydrogen-bond acceptors (Lipinski definition) is 8. The number of likely N-dealkylation sites (tertiary alicyclic amines) is 4. The number of benzene rings is 10. The van der Waals surface area contributed by atoms with E-state index in [1.807, 2.05) is 279 Å². The van der Waals surface area contributed by atoms with E-state index in [-0.39, 0.29) is 46.1 Å². The average Bonchev–Trinajstić information content (AvgIpc) is 0.819. The van der Waals surface area contributed by atoms with Gasteiger partial charge >= 0.3 is 46.1 Å². The molecule has 0 unspecified atom stereocenters. The maximum Gasteiger partial charge on any atom is 2.00 e. The van der Waals surface area contributed by atoms with E-state index in [0.29, 0.717) is 25.7 Å². The Bertz CT molecular complexity index is 3130. The Morgan fingerprint density at radius 3 is 0.442 bits per heavy atom. The van der Waals surface area contributed by atoms with Gasteiger partial charge < -0.3 is 40.0 Å². The van der Waals surface area contributed by atoms with Gasteiger partial charge in [-0.1, -0.05) is 407 Å². The molecule has 536 valence electrons. The van der Waals surface area contributed by atoms with Crippen molar-refractivity contribution < 1.29 is 20.4 Å². The largest absolute Gasteiger partial charge is 2.00 e. The molecule has 10 heteroatoms. The standard InChI is InChI=1S/4C20H24NO.2C7H8.2Mg/c4*22-20(18-10-4-1-5-11-18,19-12-6-2-7-13-19)14-17-21-15-8-3-9-16-21;2*1-7-5-3-2-4-6-7;;/h4*1-2,4-7,10-13H,3,8-9,14-17H2;2*2-6H,1H3;;/q4*-1;;;2*+2. The minimum absolute atomic E-state index is 0. The van der Waals surface area contributed by atoms with Crippen molar-refractivity contribution in [1.82, 2.24) is 19.6 Å². The summed E-state index contributed by atoms with van der Waals surface area (Å²) in [5, 5.41) is 54.9. The molecule has 10 aromatic rings. The summed E-state index contributed by atoms with van der Waals surface area (Å²) in [7, 11) is 0. The fourth-order valence-electron chi connectivity index (χ4n) is 14.5. The van der Waals surface area contributed by atoms with Gasteiger partial charge in [-0.3, -0.25) is 0 Å². The van der Waals surface area contributed by atoms with Gasteiger partial charge in [-0.05, 0) is 169 Å². The normalized spacial score (nSPS) is 15.2. The molecule has 0 amide bonds. The third kappa shape index (κ3) is 27.0. The van der Waals surface area contributed by atoms with Crippen LogP contribution in [0.3, 0.4) is 0 Å². The summed E-state index contributed by atoms with van der Waals surface area (Å²) in [6.07, 6.45) is 18.0. The van der Waals surface area contributed by atoms with E-state index < -0.39 is 22.4 Å². The van der Waals surface area contributed by atoms with Crippen LogP contribution in [-0.4, -0.2) is 144 Å². The van der Waals surface area contributed by atoms with E-state index in [9.17, 15) is 20.4 Å². The van der Waals surface area contributed by atoms with Crippen molar-refractivity contribution in [2.45, 2.75) is 139 Å². The first-order valence-electron chi connectivity index (χ1n) is 38.1. The van der Waals surface area contributed by atoms with Crippen molar-refractivity contribution in [1.29, 1.82) is 0 Å². The molecule has 14 rings (SSSR count). The first kappa shape index (κ1) is 84.7. The third-order valence-electron chi connectivity index (χ3n) is 20.7. The molecule has 4 aliphatic rings. The molecule has 10 aromatic carbocycles. The molecule has 0 saturated carbocycles. The first-order chi connectivity index (χ1) is 49.9. The van der Waals surface area contributed by atoms with Crippen LogP contribution in [-0.2, 0) is 22.4 Å². The van der Waals surface area contributed by atoms with Gasteiger partial charge in [0.2, 0.25) is 0 Å². The van der Waals surface area contributed by atoms with Crippen molar-refractivity contribution in [2.75, 3.05) is 78.5 Å². The molecule has 0 radical (unpaired) electrons. The minimum atomic E-state index is -1.15. The Morgan fingerprint density at radius 2 is 0.327 bits per heavy atom. The van der Waals surface area contributed by atoms with E-state index >= 15 is 0 Å². The predicted molar refractivity (Wildman–Crippen MR) is 428 cm³/mol. The van der Waals surface area contributed by atoms with Crippen LogP contribution < -0.4 is 20.4 Å². The van der Waals surface area contributed by atoms with Crippen LogP contribution in [0, 0.1) is 13.8 Å². The first-order valence-corrected chi connectivity index (χ1v) is 38.1. The number of hydrogen-bond donors (Lipinski definition) is 0. The summed E-state index contributed by atoms with van der Waals surface area (Å²) in [5.41, 5.74) is 5.02. The van der Waals surface area contributed by atoms with Gasteiger partial charge in [0.05, 0.1) is 0 Å². The fraction of sp³-hybridized carbons (Fsp3) is 0.362. The number of piperidine rings is 4. The van der Waals surface area contributed by atoms with Crippen LogP contribution in [0.2, 0.25) is 0 Å². The molecule has 0 atom stereocenters. The van der Waals surface area contributed by atoms with Crippen molar-refractivity contribution in [2.24, 2.45) is 0 Å². The van der Waals surface area contributed by atoms with Crippen LogP contribution >= 0.6 is 0 Å². The number of aryl methyl sites for hydroxylation is 2. The van der Waals surface area contributed by atoms with Crippen LogP contribution in [0.4, 0.5) is 0 Å². The maximum absolute atomic E-state index is 13.7. The molecule has 4 fully saturated rings.